The van der Waals surface area contributed by atoms with Gasteiger partial charge in [0.15, 0.2) is 10.9 Å². The molecule has 5 heteroatoms. The van der Waals surface area contributed by atoms with Crippen molar-refractivity contribution in [2.45, 2.75) is 19.9 Å². The first-order valence-corrected chi connectivity index (χ1v) is 9.13. The molecule has 1 atom stereocenters. The maximum atomic E-state index is 12.6. The maximum Gasteiger partial charge on any atom is 0.171 e. The average molecular weight is 378 g/mol. The third kappa shape index (κ3) is 4.26. The molecule has 0 amide bonds. The minimum Gasteiger partial charge on any atom is -0.490 e. The van der Waals surface area contributed by atoms with Gasteiger partial charge in [0.25, 0.3) is 0 Å². The van der Waals surface area contributed by atoms with Crippen molar-refractivity contribution in [2.24, 2.45) is 0 Å². The fourth-order valence-corrected chi connectivity index (χ4v) is 3.30. The van der Waals surface area contributed by atoms with Crippen LogP contribution in [-0.4, -0.2) is 17.5 Å². The molecule has 0 spiro atoms. The van der Waals surface area contributed by atoms with Crippen LogP contribution in [0.15, 0.2) is 66.8 Å². The summed E-state index contributed by atoms with van der Waals surface area (Å²) in [6.45, 7) is 7.70. The van der Waals surface area contributed by atoms with Crippen LogP contribution in [0.5, 0.6) is 5.75 Å². The number of hydrogen-bond donors (Lipinski definition) is 2. The Kier molecular flexibility index (Phi) is 5.72. The smallest absolute Gasteiger partial charge is 0.171 e. The highest BCUT2D eigenvalue weighted by Gasteiger charge is 2.30. The van der Waals surface area contributed by atoms with Crippen LogP contribution in [0.25, 0.3) is 5.70 Å². The lowest BCUT2D eigenvalue weighted by molar-refractivity contribution is -0.113. The van der Waals surface area contributed by atoms with Gasteiger partial charge in [-0.25, -0.2) is 0 Å². The van der Waals surface area contributed by atoms with E-state index in [1.807, 2.05) is 55.5 Å². The van der Waals surface area contributed by atoms with Crippen molar-refractivity contribution in [1.29, 1.82) is 0 Å². The van der Waals surface area contributed by atoms with E-state index in [1.54, 1.807) is 13.0 Å². The van der Waals surface area contributed by atoms with E-state index in [9.17, 15) is 4.79 Å². The minimum absolute atomic E-state index is 0.0181. The summed E-state index contributed by atoms with van der Waals surface area (Å²) in [7, 11) is 0. The number of carbonyl (C=O) groups excluding carboxylic acids is 1. The third-order valence-corrected chi connectivity index (χ3v) is 4.57. The number of hydrogen-bond acceptors (Lipinski definition) is 3. The van der Waals surface area contributed by atoms with E-state index in [4.69, 9.17) is 17.0 Å². The van der Waals surface area contributed by atoms with E-state index in [2.05, 4.69) is 17.2 Å². The highest BCUT2D eigenvalue weighted by molar-refractivity contribution is 7.80. The fourth-order valence-electron chi connectivity index (χ4n) is 3.08. The quantitative estimate of drug-likeness (QED) is 0.586. The van der Waals surface area contributed by atoms with Crippen LogP contribution < -0.4 is 15.4 Å². The van der Waals surface area contributed by atoms with Gasteiger partial charge in [-0.2, -0.15) is 0 Å². The van der Waals surface area contributed by atoms with Gasteiger partial charge in [0.05, 0.1) is 11.7 Å². The van der Waals surface area contributed by atoms with Crippen molar-refractivity contribution in [3.63, 3.8) is 0 Å². The Morgan fingerprint density at radius 3 is 2.67 bits per heavy atom. The first-order valence-electron chi connectivity index (χ1n) is 8.73. The van der Waals surface area contributed by atoms with Crippen molar-refractivity contribution in [2.75, 3.05) is 6.61 Å². The number of ketones is 1. The van der Waals surface area contributed by atoms with Gasteiger partial charge in [-0.1, -0.05) is 54.6 Å². The number of rotatable bonds is 6. The summed E-state index contributed by atoms with van der Waals surface area (Å²) in [6.07, 6.45) is 1.70. The lowest BCUT2D eigenvalue weighted by Gasteiger charge is -2.31. The molecule has 0 unspecified atom stereocenters. The van der Waals surface area contributed by atoms with Crippen molar-refractivity contribution < 1.29 is 9.53 Å². The molecule has 2 aromatic carbocycles. The van der Waals surface area contributed by atoms with Gasteiger partial charge >= 0.3 is 0 Å². The molecule has 0 saturated carbocycles. The number of aryl methyl sites for hydroxylation is 1. The van der Waals surface area contributed by atoms with E-state index in [0.717, 1.165) is 28.1 Å². The number of Topliss-reactive ketones (excluding diaryl/α,β-unsaturated/α-hetero) is 1. The van der Waals surface area contributed by atoms with Gasteiger partial charge in [0.1, 0.15) is 12.4 Å². The van der Waals surface area contributed by atoms with Crippen molar-refractivity contribution in [3.05, 3.63) is 83.4 Å². The molecule has 27 heavy (non-hydrogen) atoms. The lowest BCUT2D eigenvalue weighted by atomic mass is 9.90. The Morgan fingerprint density at radius 1 is 1.26 bits per heavy atom. The summed E-state index contributed by atoms with van der Waals surface area (Å²) in [5.41, 5.74) is 4.39. The van der Waals surface area contributed by atoms with Gasteiger partial charge < -0.3 is 15.4 Å². The second-order valence-electron chi connectivity index (χ2n) is 6.41. The Balaban J connectivity index is 2.09. The fraction of sp³-hybridized carbons (Fsp3) is 0.182. The van der Waals surface area contributed by atoms with E-state index < -0.39 is 0 Å². The van der Waals surface area contributed by atoms with Gasteiger partial charge in [-0.05, 0) is 49.3 Å². The number of carbonyl (C=O) groups is 1. The molecular weight excluding hydrogens is 356 g/mol. The second kappa shape index (κ2) is 8.18. The molecule has 0 radical (unpaired) electrons. The normalized spacial score (nSPS) is 16.4. The van der Waals surface area contributed by atoms with E-state index >= 15 is 0 Å². The zero-order chi connectivity index (χ0) is 19.4. The van der Waals surface area contributed by atoms with Gasteiger partial charge in [-0.15, -0.1) is 0 Å². The average Bonchev–Trinajstić information content (AvgIpc) is 2.66. The summed E-state index contributed by atoms with van der Waals surface area (Å²) in [5, 5.41) is 6.88. The van der Waals surface area contributed by atoms with Crippen LogP contribution in [-0.2, 0) is 4.79 Å². The van der Waals surface area contributed by atoms with Crippen molar-refractivity contribution >= 4 is 28.8 Å². The predicted molar refractivity (Wildman–Crippen MR) is 113 cm³/mol. The molecule has 0 fully saturated rings. The molecule has 0 aliphatic carbocycles. The number of nitrogens with one attached hydrogen (secondary N) is 2. The molecule has 0 bridgehead atoms. The summed E-state index contributed by atoms with van der Waals surface area (Å²) in [4.78, 5) is 12.6. The van der Waals surface area contributed by atoms with Crippen molar-refractivity contribution in [1.82, 2.24) is 10.6 Å². The van der Waals surface area contributed by atoms with Gasteiger partial charge in [0.2, 0.25) is 0 Å². The first kappa shape index (κ1) is 18.9. The van der Waals surface area contributed by atoms with Crippen LogP contribution in [0.1, 0.15) is 29.7 Å². The number of ether oxygens (including phenoxy) is 1. The Bertz CT molecular complexity index is 916. The molecule has 2 N–H and O–H groups in total. The largest absolute Gasteiger partial charge is 0.490 e. The molecule has 1 aliphatic heterocycles. The molecule has 1 aliphatic rings. The van der Waals surface area contributed by atoms with Crippen LogP contribution in [0.3, 0.4) is 0 Å². The molecule has 4 nitrogen and oxygen atoms in total. The molecule has 3 rings (SSSR count). The molecule has 2 aromatic rings. The van der Waals surface area contributed by atoms with Gasteiger partial charge in [-0.3, -0.25) is 4.79 Å². The standard InChI is InChI=1S/C22H22N2O2S/c1-4-12-26-18-7-5-6-17(13-18)21-19(15(3)25)20(23-22(27)24-21)16-10-8-14(2)9-11-16/h4-11,13,21H,1,12H2,2-3H3,(H2,23,24,27)/t21-/m1/s1. The topological polar surface area (TPSA) is 50.4 Å². The summed E-state index contributed by atoms with van der Waals surface area (Å²) >= 11 is 5.42. The van der Waals surface area contributed by atoms with Crippen LogP contribution in [0.4, 0.5) is 0 Å². The first-order chi connectivity index (χ1) is 13.0. The van der Waals surface area contributed by atoms with Crippen molar-refractivity contribution in [3.8, 4) is 5.75 Å². The SMILES string of the molecule is C=CCOc1cccc([C@H]2NC(=S)NC(c3ccc(C)cc3)=C2C(C)=O)c1. The minimum atomic E-state index is -0.347. The van der Waals surface area contributed by atoms with Crippen LogP contribution in [0, 0.1) is 6.92 Å². The molecule has 0 aromatic heterocycles. The Morgan fingerprint density at radius 2 is 2.00 bits per heavy atom. The zero-order valence-electron chi connectivity index (χ0n) is 15.4. The zero-order valence-corrected chi connectivity index (χ0v) is 16.2. The monoisotopic (exact) mass is 378 g/mol. The predicted octanol–water partition coefficient (Wildman–Crippen LogP) is 4.08. The summed E-state index contributed by atoms with van der Waals surface area (Å²) in [6, 6.07) is 15.3. The van der Waals surface area contributed by atoms with E-state index in [1.165, 1.54) is 0 Å². The van der Waals surface area contributed by atoms with Gasteiger partial charge in [0, 0.05) is 5.57 Å². The van der Waals surface area contributed by atoms with Crippen LogP contribution >= 0.6 is 12.2 Å². The highest BCUT2D eigenvalue weighted by Crippen LogP contribution is 2.33. The van der Waals surface area contributed by atoms with E-state index in [-0.39, 0.29) is 11.8 Å². The molecule has 1 heterocycles. The second-order valence-corrected chi connectivity index (χ2v) is 6.82. The molecule has 0 saturated heterocycles. The summed E-state index contributed by atoms with van der Waals surface area (Å²) < 4.78 is 5.64. The highest BCUT2D eigenvalue weighted by atomic mass is 32.1. The lowest BCUT2D eigenvalue weighted by Crippen LogP contribution is -2.44. The number of benzene rings is 2. The number of thiocarbonyl (C=S) groups is 1. The summed E-state index contributed by atoms with van der Waals surface area (Å²) in [5.74, 6) is 0.703. The maximum absolute atomic E-state index is 12.6. The Hall–Kier alpha value is -2.92. The molecular formula is C22H22N2O2S. The molecule has 138 valence electrons. The Labute approximate surface area is 164 Å². The van der Waals surface area contributed by atoms with E-state index in [0.29, 0.717) is 17.3 Å². The third-order valence-electron chi connectivity index (χ3n) is 4.35. The van der Waals surface area contributed by atoms with Crippen LogP contribution in [0.2, 0.25) is 0 Å².